The minimum absolute atomic E-state index is 0.0563. The third kappa shape index (κ3) is 4.03. The summed E-state index contributed by atoms with van der Waals surface area (Å²) in [6, 6.07) is 6.90. The summed E-state index contributed by atoms with van der Waals surface area (Å²) in [6.45, 7) is 1.75. The lowest BCUT2D eigenvalue weighted by molar-refractivity contribution is -0.0511. The van der Waals surface area contributed by atoms with Crippen LogP contribution >= 0.6 is 0 Å². The molecule has 0 spiro atoms. The van der Waals surface area contributed by atoms with Gasteiger partial charge in [0.15, 0.2) is 17.7 Å². The Morgan fingerprint density at radius 2 is 1.88 bits per heavy atom. The molecule has 2 aliphatic rings. The number of carbonyl (C=O) groups excluding carboxylic acids is 1. The lowest BCUT2D eigenvalue weighted by Gasteiger charge is -2.26. The minimum atomic E-state index is -1.29. The van der Waals surface area contributed by atoms with E-state index in [-0.39, 0.29) is 23.3 Å². The SMILES string of the molecule is Nc1nc(Nc2ccc(C(=O)N3CCOCC3)cc2)nc2c1ncn2[C@@H]1O[C@H](CO)[C@@H](O)[C@H]1O. The van der Waals surface area contributed by atoms with Crippen LogP contribution in [-0.4, -0.2) is 96.9 Å². The fourth-order valence-electron chi connectivity index (χ4n) is 4.06. The third-order valence-electron chi connectivity index (χ3n) is 5.93. The number of benzene rings is 1. The maximum Gasteiger partial charge on any atom is 0.254 e. The van der Waals surface area contributed by atoms with E-state index >= 15 is 0 Å². The van der Waals surface area contributed by atoms with E-state index in [1.165, 1.54) is 10.9 Å². The molecule has 0 saturated carbocycles. The van der Waals surface area contributed by atoms with Crippen molar-refractivity contribution in [2.75, 3.05) is 44.0 Å². The molecule has 13 heteroatoms. The second kappa shape index (κ2) is 9.12. The van der Waals surface area contributed by atoms with Crippen LogP contribution in [0.4, 0.5) is 17.5 Å². The molecule has 2 saturated heterocycles. The fourth-order valence-corrected chi connectivity index (χ4v) is 4.06. The van der Waals surface area contributed by atoms with Gasteiger partial charge in [0.05, 0.1) is 26.1 Å². The van der Waals surface area contributed by atoms with E-state index in [1.807, 2.05) is 0 Å². The Hall–Kier alpha value is -3.36. The van der Waals surface area contributed by atoms with Gasteiger partial charge in [-0.15, -0.1) is 0 Å². The molecule has 0 bridgehead atoms. The number of morpholine rings is 1. The Balaban J connectivity index is 1.37. The van der Waals surface area contributed by atoms with E-state index < -0.39 is 31.1 Å². The number of amides is 1. The first kappa shape index (κ1) is 22.4. The first-order valence-corrected chi connectivity index (χ1v) is 10.8. The van der Waals surface area contributed by atoms with Gasteiger partial charge in [-0.25, -0.2) is 4.98 Å². The predicted molar refractivity (Wildman–Crippen MR) is 119 cm³/mol. The zero-order valence-corrected chi connectivity index (χ0v) is 18.1. The number of nitrogens with one attached hydrogen (secondary N) is 1. The number of rotatable bonds is 5. The topological polar surface area (TPSA) is 181 Å². The van der Waals surface area contributed by atoms with Crippen molar-refractivity contribution in [1.29, 1.82) is 0 Å². The Bertz CT molecular complexity index is 1180. The Labute approximate surface area is 193 Å². The van der Waals surface area contributed by atoms with Crippen LogP contribution in [0.5, 0.6) is 0 Å². The number of nitrogens with two attached hydrogens (primary N) is 1. The smallest absolute Gasteiger partial charge is 0.254 e. The molecule has 2 aromatic heterocycles. The van der Waals surface area contributed by atoms with Gasteiger partial charge in [0.1, 0.15) is 23.8 Å². The molecule has 4 atom stereocenters. The summed E-state index contributed by atoms with van der Waals surface area (Å²) in [7, 11) is 0. The molecule has 0 radical (unpaired) electrons. The molecule has 4 heterocycles. The molecular weight excluding hydrogens is 446 g/mol. The summed E-state index contributed by atoms with van der Waals surface area (Å²) < 4.78 is 12.3. The lowest BCUT2D eigenvalue weighted by atomic mass is 10.1. The summed E-state index contributed by atoms with van der Waals surface area (Å²) in [6.07, 6.45) is -3.12. The van der Waals surface area contributed by atoms with Gasteiger partial charge < -0.3 is 40.7 Å². The van der Waals surface area contributed by atoms with E-state index in [2.05, 4.69) is 20.3 Å². The van der Waals surface area contributed by atoms with Crippen molar-refractivity contribution in [3.05, 3.63) is 36.2 Å². The highest BCUT2D eigenvalue weighted by Gasteiger charge is 2.44. The second-order valence-electron chi connectivity index (χ2n) is 8.09. The predicted octanol–water partition coefficient (Wildman–Crippen LogP) is -0.764. The highest BCUT2D eigenvalue weighted by Crippen LogP contribution is 2.32. The molecule has 0 aliphatic carbocycles. The number of carbonyl (C=O) groups is 1. The van der Waals surface area contributed by atoms with Crippen LogP contribution in [-0.2, 0) is 9.47 Å². The van der Waals surface area contributed by atoms with E-state index in [1.54, 1.807) is 29.2 Å². The highest BCUT2D eigenvalue weighted by molar-refractivity contribution is 5.94. The minimum Gasteiger partial charge on any atom is -0.394 e. The molecule has 13 nitrogen and oxygen atoms in total. The van der Waals surface area contributed by atoms with Gasteiger partial charge >= 0.3 is 0 Å². The maximum atomic E-state index is 12.6. The summed E-state index contributed by atoms with van der Waals surface area (Å²) in [5.41, 5.74) is 7.84. The van der Waals surface area contributed by atoms with Gasteiger partial charge in [-0.05, 0) is 24.3 Å². The van der Waals surface area contributed by atoms with E-state index in [4.69, 9.17) is 15.2 Å². The number of fused-ring (bicyclic) bond motifs is 1. The first-order chi connectivity index (χ1) is 16.5. The summed E-state index contributed by atoms with van der Waals surface area (Å²) >= 11 is 0. The Kier molecular flexibility index (Phi) is 6.02. The van der Waals surface area contributed by atoms with Crippen LogP contribution in [0.1, 0.15) is 16.6 Å². The molecule has 180 valence electrons. The molecule has 0 unspecified atom stereocenters. The van der Waals surface area contributed by atoms with Crippen LogP contribution in [0.25, 0.3) is 11.2 Å². The van der Waals surface area contributed by atoms with Crippen molar-refractivity contribution in [3.8, 4) is 0 Å². The average molecular weight is 471 g/mol. The van der Waals surface area contributed by atoms with Crippen molar-refractivity contribution < 1.29 is 29.6 Å². The zero-order valence-electron chi connectivity index (χ0n) is 18.1. The average Bonchev–Trinajstić information content (AvgIpc) is 3.40. The van der Waals surface area contributed by atoms with Gasteiger partial charge in [-0.1, -0.05) is 0 Å². The number of hydrogen-bond acceptors (Lipinski definition) is 11. The summed E-state index contributed by atoms with van der Waals surface area (Å²) in [4.78, 5) is 27.3. The quantitative estimate of drug-likeness (QED) is 0.315. The van der Waals surface area contributed by atoms with Crippen molar-refractivity contribution in [3.63, 3.8) is 0 Å². The number of nitrogens with zero attached hydrogens (tertiary/aromatic N) is 5. The molecule has 2 aliphatic heterocycles. The molecule has 1 aromatic carbocycles. The van der Waals surface area contributed by atoms with E-state index in [0.29, 0.717) is 43.1 Å². The van der Waals surface area contributed by atoms with Crippen molar-refractivity contribution in [1.82, 2.24) is 24.4 Å². The number of nitrogen functional groups attached to an aromatic ring is 1. The molecular formula is C21H25N7O6. The number of hydrogen-bond donors (Lipinski definition) is 5. The molecule has 3 aromatic rings. The molecule has 6 N–H and O–H groups in total. The van der Waals surface area contributed by atoms with Gasteiger partial charge in [0.25, 0.3) is 5.91 Å². The van der Waals surface area contributed by atoms with Gasteiger partial charge in [0, 0.05) is 24.3 Å². The summed E-state index contributed by atoms with van der Waals surface area (Å²) in [5.74, 6) is 0.224. The van der Waals surface area contributed by atoms with Crippen molar-refractivity contribution in [2.24, 2.45) is 0 Å². The Morgan fingerprint density at radius 1 is 1.15 bits per heavy atom. The van der Waals surface area contributed by atoms with Gasteiger partial charge in [-0.3, -0.25) is 9.36 Å². The monoisotopic (exact) mass is 471 g/mol. The van der Waals surface area contributed by atoms with Gasteiger partial charge in [0.2, 0.25) is 5.95 Å². The number of ether oxygens (including phenoxy) is 2. The Morgan fingerprint density at radius 3 is 2.56 bits per heavy atom. The largest absolute Gasteiger partial charge is 0.394 e. The van der Waals surface area contributed by atoms with Gasteiger partial charge in [-0.2, -0.15) is 9.97 Å². The fraction of sp³-hybridized carbons (Fsp3) is 0.429. The third-order valence-corrected chi connectivity index (χ3v) is 5.93. The number of imidazole rings is 1. The maximum absolute atomic E-state index is 12.6. The lowest BCUT2D eigenvalue weighted by Crippen LogP contribution is -2.40. The number of anilines is 3. The molecule has 5 rings (SSSR count). The molecule has 1 amide bonds. The normalized spacial score (nSPS) is 25.1. The van der Waals surface area contributed by atoms with Crippen LogP contribution < -0.4 is 11.1 Å². The number of aromatic nitrogens is 4. The number of aliphatic hydroxyl groups excluding tert-OH is 3. The first-order valence-electron chi connectivity index (χ1n) is 10.8. The molecule has 2 fully saturated rings. The molecule has 34 heavy (non-hydrogen) atoms. The van der Waals surface area contributed by atoms with Crippen molar-refractivity contribution in [2.45, 2.75) is 24.5 Å². The number of aliphatic hydroxyl groups is 3. The van der Waals surface area contributed by atoms with E-state index in [9.17, 15) is 20.1 Å². The summed E-state index contributed by atoms with van der Waals surface area (Å²) in [5, 5.41) is 32.8. The second-order valence-corrected chi connectivity index (χ2v) is 8.09. The highest BCUT2D eigenvalue weighted by atomic mass is 16.6. The van der Waals surface area contributed by atoms with Crippen LogP contribution in [0.3, 0.4) is 0 Å². The standard InChI is InChI=1S/C21H25N7O6/c22-17-14-18(28(10-23-14)20-16(31)15(30)13(9-29)34-20)26-21(25-17)24-12-3-1-11(2-4-12)19(32)27-5-7-33-8-6-27/h1-4,10,13,15-16,20,29-31H,5-9H2,(H3,22,24,25,26)/t13-,15-,16-,20-/m1/s1. The zero-order chi connectivity index (χ0) is 23.8. The van der Waals surface area contributed by atoms with Crippen LogP contribution in [0.2, 0.25) is 0 Å². The van der Waals surface area contributed by atoms with Crippen LogP contribution in [0.15, 0.2) is 30.6 Å². The van der Waals surface area contributed by atoms with Crippen molar-refractivity contribution >= 4 is 34.5 Å². The van der Waals surface area contributed by atoms with E-state index in [0.717, 1.165) is 0 Å². The van der Waals surface area contributed by atoms with Crippen LogP contribution in [0, 0.1) is 0 Å².